The Balaban J connectivity index is 1.73. The number of anilines is 3. The lowest BCUT2D eigenvalue weighted by atomic mass is 10.1. The van der Waals surface area contributed by atoms with Crippen LogP contribution in [0.3, 0.4) is 0 Å². The molecule has 0 aliphatic carbocycles. The first-order valence-electron chi connectivity index (χ1n) is 8.43. The quantitative estimate of drug-likeness (QED) is 0.641. The van der Waals surface area contributed by atoms with Crippen molar-refractivity contribution in [2.45, 2.75) is 23.8 Å². The molecule has 0 amide bonds. The Morgan fingerprint density at radius 2 is 2.08 bits per heavy atom. The molecular weight excluding hydrogens is 352 g/mol. The van der Waals surface area contributed by atoms with Crippen LogP contribution in [0, 0.1) is 0 Å². The Labute approximate surface area is 153 Å². The molecule has 1 saturated heterocycles. The van der Waals surface area contributed by atoms with E-state index in [0.29, 0.717) is 11.5 Å². The number of nitrogens with zero attached hydrogens (tertiary/aromatic N) is 4. The van der Waals surface area contributed by atoms with Gasteiger partial charge < -0.3 is 20.3 Å². The molecule has 4 rings (SSSR count). The van der Waals surface area contributed by atoms with E-state index in [4.69, 9.17) is 0 Å². The zero-order valence-electron chi connectivity index (χ0n) is 14.3. The summed E-state index contributed by atoms with van der Waals surface area (Å²) >= 11 is 0. The van der Waals surface area contributed by atoms with Gasteiger partial charge in [0, 0.05) is 35.0 Å². The van der Waals surface area contributed by atoms with Gasteiger partial charge in [-0.05, 0) is 31.0 Å². The summed E-state index contributed by atoms with van der Waals surface area (Å²) in [5.74, 6) is 0.616. The van der Waals surface area contributed by atoms with E-state index >= 15 is 0 Å². The SMILES string of the molecule is CS(=O)c1ccc(N2CCC(O)CC2)c(Nc2ncnc3nc[nH]c23)c1. The predicted molar refractivity (Wildman–Crippen MR) is 101 cm³/mol. The maximum absolute atomic E-state index is 11.9. The maximum Gasteiger partial charge on any atom is 0.182 e. The van der Waals surface area contributed by atoms with Gasteiger partial charge in [0.2, 0.25) is 0 Å². The molecule has 136 valence electrons. The van der Waals surface area contributed by atoms with Crippen molar-refractivity contribution >= 4 is 39.2 Å². The Morgan fingerprint density at radius 1 is 1.27 bits per heavy atom. The number of H-pyrrole nitrogens is 1. The van der Waals surface area contributed by atoms with Crippen LogP contribution in [-0.2, 0) is 10.8 Å². The van der Waals surface area contributed by atoms with Gasteiger partial charge >= 0.3 is 0 Å². The number of imidazole rings is 1. The zero-order valence-corrected chi connectivity index (χ0v) is 15.2. The van der Waals surface area contributed by atoms with Gasteiger partial charge in [0.1, 0.15) is 11.8 Å². The minimum Gasteiger partial charge on any atom is -0.393 e. The third kappa shape index (κ3) is 3.27. The Kier molecular flexibility index (Phi) is 4.56. The smallest absolute Gasteiger partial charge is 0.182 e. The van der Waals surface area contributed by atoms with Crippen LogP contribution in [0.1, 0.15) is 12.8 Å². The summed E-state index contributed by atoms with van der Waals surface area (Å²) in [7, 11) is -1.09. The Bertz CT molecular complexity index is 951. The van der Waals surface area contributed by atoms with E-state index in [9.17, 15) is 9.32 Å². The van der Waals surface area contributed by atoms with E-state index in [1.165, 1.54) is 6.33 Å². The normalized spacial score (nSPS) is 16.8. The summed E-state index contributed by atoms with van der Waals surface area (Å²) in [6.45, 7) is 1.54. The summed E-state index contributed by atoms with van der Waals surface area (Å²) in [5.41, 5.74) is 3.12. The van der Waals surface area contributed by atoms with Gasteiger partial charge in [0.15, 0.2) is 11.5 Å². The molecule has 1 aromatic carbocycles. The van der Waals surface area contributed by atoms with Crippen LogP contribution < -0.4 is 10.2 Å². The predicted octanol–water partition coefficient (Wildman–Crippen LogP) is 1.79. The van der Waals surface area contributed by atoms with E-state index in [-0.39, 0.29) is 6.10 Å². The first kappa shape index (κ1) is 16.9. The third-order valence-electron chi connectivity index (χ3n) is 4.58. The number of aliphatic hydroxyl groups is 1. The zero-order chi connectivity index (χ0) is 18.1. The van der Waals surface area contributed by atoms with Crippen molar-refractivity contribution in [2.75, 3.05) is 29.6 Å². The molecule has 2 aromatic heterocycles. The van der Waals surface area contributed by atoms with Gasteiger partial charge in [0.25, 0.3) is 0 Å². The molecule has 8 nitrogen and oxygen atoms in total. The van der Waals surface area contributed by atoms with Gasteiger partial charge in [-0.25, -0.2) is 15.0 Å². The summed E-state index contributed by atoms with van der Waals surface area (Å²) in [6, 6.07) is 5.75. The minimum atomic E-state index is -1.09. The average molecular weight is 372 g/mol. The number of nitrogens with one attached hydrogen (secondary N) is 2. The van der Waals surface area contributed by atoms with Gasteiger partial charge in [-0.1, -0.05) is 0 Å². The number of aromatic nitrogens is 4. The second-order valence-corrected chi connectivity index (χ2v) is 7.68. The van der Waals surface area contributed by atoms with Crippen LogP contribution in [0.4, 0.5) is 17.2 Å². The van der Waals surface area contributed by atoms with Crippen molar-refractivity contribution in [3.05, 3.63) is 30.9 Å². The molecule has 3 heterocycles. The lowest BCUT2D eigenvalue weighted by Crippen LogP contribution is -2.36. The van der Waals surface area contributed by atoms with Gasteiger partial charge in [-0.15, -0.1) is 0 Å². The first-order chi connectivity index (χ1) is 12.6. The van der Waals surface area contributed by atoms with Crippen molar-refractivity contribution < 1.29 is 9.32 Å². The standard InChI is InChI=1S/C17H20N6O2S/c1-26(25)12-2-3-14(23-6-4-11(24)5-7-23)13(8-12)22-17-15-16(19-9-18-15)20-10-21-17/h2-3,8-11,24H,4-7H2,1H3,(H2,18,19,20,21,22). The molecule has 3 N–H and O–H groups in total. The molecule has 0 radical (unpaired) electrons. The van der Waals surface area contributed by atoms with Crippen LogP contribution in [-0.4, -0.2) is 54.7 Å². The second-order valence-electron chi connectivity index (χ2n) is 6.30. The average Bonchev–Trinajstić information content (AvgIpc) is 3.12. The molecule has 1 atom stereocenters. The highest BCUT2D eigenvalue weighted by Crippen LogP contribution is 2.33. The van der Waals surface area contributed by atoms with E-state index in [0.717, 1.165) is 47.7 Å². The van der Waals surface area contributed by atoms with Gasteiger partial charge in [-0.3, -0.25) is 4.21 Å². The van der Waals surface area contributed by atoms with Crippen molar-refractivity contribution in [3.8, 4) is 0 Å². The fraction of sp³-hybridized carbons (Fsp3) is 0.353. The molecule has 3 aromatic rings. The first-order valence-corrected chi connectivity index (χ1v) is 9.99. The number of fused-ring (bicyclic) bond motifs is 1. The number of rotatable bonds is 4. The van der Waals surface area contributed by atoms with E-state index in [2.05, 4.69) is 30.2 Å². The highest BCUT2D eigenvalue weighted by molar-refractivity contribution is 7.84. The third-order valence-corrected chi connectivity index (χ3v) is 5.50. The lowest BCUT2D eigenvalue weighted by Gasteiger charge is -2.33. The van der Waals surface area contributed by atoms with E-state index < -0.39 is 10.8 Å². The molecule has 1 unspecified atom stereocenters. The number of aromatic amines is 1. The Morgan fingerprint density at radius 3 is 2.85 bits per heavy atom. The number of hydrogen-bond donors (Lipinski definition) is 3. The number of aliphatic hydroxyl groups excluding tert-OH is 1. The molecule has 1 fully saturated rings. The largest absolute Gasteiger partial charge is 0.393 e. The topological polar surface area (TPSA) is 107 Å². The maximum atomic E-state index is 11.9. The molecule has 9 heteroatoms. The summed E-state index contributed by atoms with van der Waals surface area (Å²) in [6.07, 6.45) is 5.93. The van der Waals surface area contributed by atoms with Crippen LogP contribution in [0.15, 0.2) is 35.7 Å². The van der Waals surface area contributed by atoms with Crippen LogP contribution in [0.5, 0.6) is 0 Å². The molecule has 0 bridgehead atoms. The van der Waals surface area contributed by atoms with Crippen LogP contribution >= 0.6 is 0 Å². The van der Waals surface area contributed by atoms with Crippen LogP contribution in [0.25, 0.3) is 11.2 Å². The van der Waals surface area contributed by atoms with Gasteiger partial charge in [0.05, 0.1) is 23.8 Å². The summed E-state index contributed by atoms with van der Waals surface area (Å²) in [5, 5.41) is 13.1. The number of benzene rings is 1. The number of hydrogen-bond acceptors (Lipinski definition) is 7. The lowest BCUT2D eigenvalue weighted by molar-refractivity contribution is 0.145. The highest BCUT2D eigenvalue weighted by atomic mass is 32.2. The van der Waals surface area contributed by atoms with Crippen molar-refractivity contribution in [3.63, 3.8) is 0 Å². The Hall–Kier alpha value is -2.52. The highest BCUT2D eigenvalue weighted by Gasteiger charge is 2.20. The molecule has 1 aliphatic rings. The molecule has 0 saturated carbocycles. The van der Waals surface area contributed by atoms with Crippen molar-refractivity contribution in [1.29, 1.82) is 0 Å². The minimum absolute atomic E-state index is 0.239. The monoisotopic (exact) mass is 372 g/mol. The van der Waals surface area contributed by atoms with E-state index in [1.54, 1.807) is 12.6 Å². The molecule has 1 aliphatic heterocycles. The fourth-order valence-electron chi connectivity index (χ4n) is 3.16. The molecule has 0 spiro atoms. The summed E-state index contributed by atoms with van der Waals surface area (Å²) < 4.78 is 11.9. The van der Waals surface area contributed by atoms with Crippen molar-refractivity contribution in [2.24, 2.45) is 0 Å². The number of piperidine rings is 1. The molecular formula is C17H20N6O2S. The van der Waals surface area contributed by atoms with E-state index in [1.807, 2.05) is 18.2 Å². The second kappa shape index (κ2) is 7.00. The summed E-state index contributed by atoms with van der Waals surface area (Å²) in [4.78, 5) is 18.6. The van der Waals surface area contributed by atoms with Gasteiger partial charge in [-0.2, -0.15) is 0 Å². The molecule has 26 heavy (non-hydrogen) atoms. The van der Waals surface area contributed by atoms with Crippen molar-refractivity contribution in [1.82, 2.24) is 19.9 Å². The van der Waals surface area contributed by atoms with Crippen LogP contribution in [0.2, 0.25) is 0 Å². The fourth-order valence-corrected chi connectivity index (χ4v) is 3.71.